The summed E-state index contributed by atoms with van der Waals surface area (Å²) in [6.07, 6.45) is 4.91. The van der Waals surface area contributed by atoms with Gasteiger partial charge in [-0.1, -0.05) is 0 Å². The molecule has 0 heterocycles. The van der Waals surface area contributed by atoms with Crippen LogP contribution in [-0.4, -0.2) is 36.8 Å². The van der Waals surface area contributed by atoms with E-state index in [4.69, 9.17) is 21.5 Å². The maximum atomic E-state index is 8.82. The minimum absolute atomic E-state index is 0.727. The zero-order valence-electron chi connectivity index (χ0n) is 11.2. The molecular formula is C11H19CrN3O4. The summed E-state index contributed by atoms with van der Waals surface area (Å²) in [7, 11) is 0. The summed E-state index contributed by atoms with van der Waals surface area (Å²) < 4.78 is 31.9. The monoisotopic (exact) mass is 309 g/mol. The van der Waals surface area contributed by atoms with E-state index in [0.29, 0.717) is 0 Å². The number of hydrogen-bond acceptors (Lipinski definition) is 3. The van der Waals surface area contributed by atoms with Crippen molar-refractivity contribution in [2.75, 3.05) is 13.1 Å². The zero-order chi connectivity index (χ0) is 15.1. The first kappa shape index (κ1) is 17.7. The number of nitrogens with zero attached hydrogens (tertiary/aromatic N) is 3. The third kappa shape index (κ3) is 7.67. The molecule has 0 aromatic rings. The molecule has 0 fully saturated rings. The summed E-state index contributed by atoms with van der Waals surface area (Å²) in [5.41, 5.74) is 11.8. The number of hydrogen-bond donors (Lipinski definition) is 2. The van der Waals surface area contributed by atoms with E-state index in [1.54, 1.807) is 0 Å². The van der Waals surface area contributed by atoms with Crippen LogP contribution < -0.4 is 0 Å². The molecule has 19 heavy (non-hydrogen) atoms. The third-order valence-electron chi connectivity index (χ3n) is 2.57. The Hall–Kier alpha value is -1.29. The molecule has 0 aromatic heterocycles. The average molecular weight is 309 g/mol. The molecule has 7 nitrogen and oxygen atoms in total. The van der Waals surface area contributed by atoms with Crippen LogP contribution in [0, 0.1) is 0 Å². The van der Waals surface area contributed by atoms with Crippen molar-refractivity contribution < 1.29 is 34.3 Å². The Kier molecular flexibility index (Phi) is 7.46. The summed E-state index contributed by atoms with van der Waals surface area (Å²) in [5.74, 6) is 0. The molecular weight excluding hydrogens is 290 g/mol. The van der Waals surface area contributed by atoms with Crippen LogP contribution in [0.1, 0.15) is 27.2 Å². The second-order valence-corrected chi connectivity index (χ2v) is 5.23. The maximum absolute atomic E-state index is 8.82. The first-order valence-corrected chi connectivity index (χ1v) is 7.95. The molecule has 0 bridgehead atoms. The Labute approximate surface area is 114 Å². The van der Waals surface area contributed by atoms with Crippen molar-refractivity contribution in [3.63, 3.8) is 0 Å². The van der Waals surface area contributed by atoms with Gasteiger partial charge in [0.1, 0.15) is 0 Å². The molecule has 1 aliphatic rings. The van der Waals surface area contributed by atoms with Crippen molar-refractivity contribution in [1.29, 1.82) is 0 Å². The first-order chi connectivity index (χ1) is 8.72. The van der Waals surface area contributed by atoms with E-state index in [-0.39, 0.29) is 0 Å². The molecule has 0 amide bonds. The Morgan fingerprint density at radius 1 is 1.37 bits per heavy atom. The molecule has 0 atom stereocenters. The van der Waals surface area contributed by atoms with Crippen LogP contribution in [0.3, 0.4) is 0 Å². The second-order valence-electron chi connectivity index (χ2n) is 3.83. The van der Waals surface area contributed by atoms with E-state index in [9.17, 15) is 0 Å². The number of likely N-dealkylation sites (N-methyl/N-ethyl adjacent to an activating group) is 1. The summed E-state index contributed by atoms with van der Waals surface area (Å²) in [6.45, 7) is 8.29. The van der Waals surface area contributed by atoms with Gasteiger partial charge in [-0.2, -0.15) is 4.79 Å². The van der Waals surface area contributed by atoms with Crippen LogP contribution in [-0.2, 0) is 21.2 Å². The van der Waals surface area contributed by atoms with Crippen LogP contribution in [0.4, 0.5) is 0 Å². The Morgan fingerprint density at radius 2 is 1.84 bits per heavy atom. The molecule has 8 heteroatoms. The molecule has 0 radical (unpaired) electrons. The predicted octanol–water partition coefficient (Wildman–Crippen LogP) is 0.879. The van der Waals surface area contributed by atoms with E-state index < -0.39 is 13.6 Å². The van der Waals surface area contributed by atoms with Gasteiger partial charge in [0.25, 0.3) is 5.71 Å². The fourth-order valence-corrected chi connectivity index (χ4v) is 1.66. The predicted molar refractivity (Wildman–Crippen MR) is 63.8 cm³/mol. The van der Waals surface area contributed by atoms with Crippen molar-refractivity contribution >= 4 is 5.71 Å². The van der Waals surface area contributed by atoms with Gasteiger partial charge >= 0.3 is 29.5 Å². The zero-order valence-corrected chi connectivity index (χ0v) is 12.5. The summed E-state index contributed by atoms with van der Waals surface area (Å²) in [5, 5.41) is 0. The van der Waals surface area contributed by atoms with Crippen LogP contribution in [0.25, 0.3) is 5.53 Å². The minimum atomic E-state index is -5.25. The normalized spacial score (nSPS) is 14.7. The van der Waals surface area contributed by atoms with Crippen molar-refractivity contribution in [3.8, 4) is 0 Å². The molecule has 1 rings (SSSR count). The van der Waals surface area contributed by atoms with E-state index in [1.807, 2.05) is 6.92 Å². The second kappa shape index (κ2) is 8.00. The van der Waals surface area contributed by atoms with Crippen LogP contribution >= 0.6 is 0 Å². The molecule has 0 unspecified atom stereocenters. The Morgan fingerprint density at radius 3 is 2.16 bits per heavy atom. The van der Waals surface area contributed by atoms with Gasteiger partial charge in [-0.15, -0.1) is 0 Å². The summed E-state index contributed by atoms with van der Waals surface area (Å²) in [4.78, 5) is 5.55. The standard InChI is InChI=1S/C11H17N3.Cr.2H2O.2O/c1-4-14(5-2)10-6-7-11(13-12)9(3)8-10;;;;;/h6,8H,4-5,7H2,1-3H3;;2*1H2;;/q;+2;;;;/p-2. The molecule has 0 spiro atoms. The van der Waals surface area contributed by atoms with E-state index in [1.165, 1.54) is 5.70 Å². The SMILES string of the molecule is CCN(CC)C1=CCC(=[N+]=[N-])C(C)=C1.[O]=[Cr](=[O])([OH])[OH]. The molecule has 0 saturated carbocycles. The quantitative estimate of drug-likeness (QED) is 0.593. The van der Waals surface area contributed by atoms with Crippen molar-refractivity contribution in [2.24, 2.45) is 0 Å². The van der Waals surface area contributed by atoms with E-state index >= 15 is 0 Å². The molecule has 0 saturated heterocycles. The van der Waals surface area contributed by atoms with Crippen LogP contribution in [0.5, 0.6) is 0 Å². The number of rotatable bonds is 3. The number of allylic oxidation sites excluding steroid dienone is 3. The average Bonchev–Trinajstić information content (AvgIpc) is 2.29. The van der Waals surface area contributed by atoms with Gasteiger partial charge in [0.15, 0.2) is 0 Å². The van der Waals surface area contributed by atoms with Gasteiger partial charge in [-0.05, 0) is 32.9 Å². The third-order valence-corrected chi connectivity index (χ3v) is 2.57. The molecule has 108 valence electrons. The first-order valence-electron chi connectivity index (χ1n) is 5.77. The van der Waals surface area contributed by atoms with Gasteiger partial charge in [0, 0.05) is 24.4 Å². The van der Waals surface area contributed by atoms with Gasteiger partial charge < -0.3 is 10.4 Å². The van der Waals surface area contributed by atoms with E-state index in [2.05, 4.69) is 35.7 Å². The Balaban J connectivity index is 0.000000555. The van der Waals surface area contributed by atoms with Crippen molar-refractivity contribution in [3.05, 3.63) is 29.0 Å². The molecule has 1 aliphatic carbocycles. The van der Waals surface area contributed by atoms with Crippen LogP contribution in [0.15, 0.2) is 23.4 Å². The van der Waals surface area contributed by atoms with Crippen molar-refractivity contribution in [1.82, 2.24) is 4.90 Å². The fraction of sp³-hybridized carbons (Fsp3) is 0.545. The topological polar surface area (TPSA) is 114 Å². The summed E-state index contributed by atoms with van der Waals surface area (Å²) in [6, 6.07) is 0. The van der Waals surface area contributed by atoms with Gasteiger partial charge in [0.05, 0.1) is 6.42 Å². The fourth-order valence-electron chi connectivity index (χ4n) is 1.66. The molecule has 2 N–H and O–H groups in total. The van der Waals surface area contributed by atoms with Crippen molar-refractivity contribution in [2.45, 2.75) is 27.2 Å². The molecule has 0 aromatic carbocycles. The Bertz CT molecular complexity index is 504. The summed E-state index contributed by atoms with van der Waals surface area (Å²) >= 11 is -5.25. The van der Waals surface area contributed by atoms with E-state index in [0.717, 1.165) is 30.8 Å². The van der Waals surface area contributed by atoms with Gasteiger partial charge in [-0.25, -0.2) is 0 Å². The van der Waals surface area contributed by atoms with Crippen LogP contribution in [0.2, 0.25) is 0 Å². The van der Waals surface area contributed by atoms with Gasteiger partial charge in [-0.3, -0.25) is 0 Å². The van der Waals surface area contributed by atoms with Gasteiger partial charge in [0.2, 0.25) is 0 Å². The molecule has 0 aliphatic heterocycles.